The first kappa shape index (κ1) is 20.9. The summed E-state index contributed by atoms with van der Waals surface area (Å²) in [7, 11) is 0.843. The number of amides is 1. The van der Waals surface area contributed by atoms with E-state index in [0.29, 0.717) is 22.6 Å². The smallest absolute Gasteiger partial charge is 0.261 e. The number of halogens is 5. The summed E-state index contributed by atoms with van der Waals surface area (Å²) >= 11 is 3.40. The molecule has 5 nitrogen and oxygen atoms in total. The Balaban J connectivity index is 1.68. The fraction of sp³-hybridized carbons (Fsp3) is 0.0476. The number of ether oxygens (including phenoxy) is 1. The minimum atomic E-state index is -1.87. The first-order valence-corrected chi connectivity index (χ1v) is 9.48. The van der Waals surface area contributed by atoms with Crippen LogP contribution in [0.4, 0.5) is 23.2 Å². The summed E-state index contributed by atoms with van der Waals surface area (Å²) in [6, 6.07) is 11.5. The summed E-state index contributed by atoms with van der Waals surface area (Å²) < 4.78 is 66.9. The Morgan fingerprint density at radius 2 is 1.71 bits per heavy atom. The van der Waals surface area contributed by atoms with Gasteiger partial charge in [0.05, 0.1) is 12.7 Å². The molecule has 31 heavy (non-hydrogen) atoms. The number of hydrogen-bond acceptors (Lipinski definition) is 4. The molecule has 1 amide bonds. The van der Waals surface area contributed by atoms with Crippen molar-refractivity contribution in [3.8, 4) is 17.2 Å². The van der Waals surface area contributed by atoms with Crippen LogP contribution in [0.15, 0.2) is 51.4 Å². The number of aromatic nitrogens is 1. The average Bonchev–Trinajstić information content (AvgIpc) is 3.16. The number of methoxy groups -OCH3 is 1. The Kier molecular flexibility index (Phi) is 5.40. The second kappa shape index (κ2) is 8.03. The van der Waals surface area contributed by atoms with E-state index >= 15 is 0 Å². The lowest BCUT2D eigenvalue weighted by Crippen LogP contribution is -2.18. The van der Waals surface area contributed by atoms with Crippen molar-refractivity contribution < 1.29 is 31.5 Å². The zero-order valence-electron chi connectivity index (χ0n) is 15.6. The van der Waals surface area contributed by atoms with Crippen LogP contribution in [0, 0.1) is 23.3 Å². The molecule has 1 N–H and O–H groups in total. The van der Waals surface area contributed by atoms with E-state index in [1.54, 1.807) is 12.1 Å². The number of nitrogens with one attached hydrogen (secondary N) is 1. The first-order valence-electron chi connectivity index (χ1n) is 8.68. The highest BCUT2D eigenvalue weighted by Gasteiger charge is 2.30. The normalized spacial score (nSPS) is 11.0. The molecule has 1 heterocycles. The molecule has 0 saturated carbocycles. The first-order chi connectivity index (χ1) is 14.8. The molecule has 0 aliphatic rings. The molecule has 0 radical (unpaired) electrons. The van der Waals surface area contributed by atoms with Crippen molar-refractivity contribution in [2.45, 2.75) is 0 Å². The largest absolute Gasteiger partial charge is 0.491 e. The van der Waals surface area contributed by atoms with E-state index < -0.39 is 40.5 Å². The monoisotopic (exact) mass is 494 g/mol. The van der Waals surface area contributed by atoms with Gasteiger partial charge in [-0.15, -0.1) is 0 Å². The SMILES string of the molecule is COc1c(F)c(F)c(C(=O)Nc2ccc3oc(-c4ccccc4Br)nc3c2)c(F)c1F. The predicted molar refractivity (Wildman–Crippen MR) is 108 cm³/mol. The molecule has 1 aromatic heterocycles. The van der Waals surface area contributed by atoms with Gasteiger partial charge >= 0.3 is 0 Å². The second-order valence-corrected chi connectivity index (χ2v) is 7.15. The van der Waals surface area contributed by atoms with Gasteiger partial charge in [0.25, 0.3) is 5.91 Å². The third-order valence-electron chi connectivity index (χ3n) is 4.40. The zero-order valence-corrected chi connectivity index (χ0v) is 17.2. The number of nitrogens with zero attached hydrogens (tertiary/aromatic N) is 1. The minimum Gasteiger partial charge on any atom is -0.491 e. The maximum Gasteiger partial charge on any atom is 0.261 e. The zero-order chi connectivity index (χ0) is 22.3. The van der Waals surface area contributed by atoms with Gasteiger partial charge in [-0.25, -0.2) is 13.8 Å². The molecule has 0 unspecified atom stereocenters. The van der Waals surface area contributed by atoms with Crippen molar-refractivity contribution >= 4 is 38.6 Å². The molecule has 0 fully saturated rings. The topological polar surface area (TPSA) is 64.4 Å². The molecule has 0 saturated heterocycles. The second-order valence-electron chi connectivity index (χ2n) is 6.30. The number of rotatable bonds is 4. The van der Waals surface area contributed by atoms with Crippen LogP contribution in [0.1, 0.15) is 10.4 Å². The molecular weight excluding hydrogens is 484 g/mol. The standard InChI is InChI=1S/C21H11BrF4N2O3/c1-30-19-17(25)15(23)14(16(24)18(19)26)20(29)27-9-6-7-13-12(8-9)28-21(31-13)10-4-2-3-5-11(10)22/h2-8H,1H3,(H,27,29). The van der Waals surface area contributed by atoms with Gasteiger partial charge in [0.1, 0.15) is 11.1 Å². The number of fused-ring (bicyclic) bond motifs is 1. The molecule has 10 heteroatoms. The lowest BCUT2D eigenvalue weighted by Gasteiger charge is -2.11. The summed E-state index contributed by atoms with van der Waals surface area (Å²) in [6.45, 7) is 0. The number of hydrogen-bond donors (Lipinski definition) is 1. The van der Waals surface area contributed by atoms with Crippen molar-refractivity contribution in [1.29, 1.82) is 0 Å². The van der Waals surface area contributed by atoms with Crippen LogP contribution in [0.25, 0.3) is 22.6 Å². The van der Waals surface area contributed by atoms with Gasteiger partial charge in [0, 0.05) is 10.2 Å². The fourth-order valence-corrected chi connectivity index (χ4v) is 3.39. The van der Waals surface area contributed by atoms with Gasteiger partial charge in [0.2, 0.25) is 17.5 Å². The molecule has 0 aliphatic carbocycles. The Morgan fingerprint density at radius 3 is 2.35 bits per heavy atom. The summed E-state index contributed by atoms with van der Waals surface area (Å²) in [5.41, 5.74) is 0.0988. The Labute approximate surface area is 180 Å². The van der Waals surface area contributed by atoms with Crippen LogP contribution in [0.3, 0.4) is 0 Å². The number of anilines is 1. The minimum absolute atomic E-state index is 0.0833. The van der Waals surface area contributed by atoms with Crippen molar-refractivity contribution in [2.24, 2.45) is 0 Å². The van der Waals surface area contributed by atoms with E-state index in [4.69, 9.17) is 4.42 Å². The van der Waals surface area contributed by atoms with Crippen LogP contribution in [0.2, 0.25) is 0 Å². The van der Waals surface area contributed by atoms with Gasteiger partial charge in [-0.3, -0.25) is 4.79 Å². The van der Waals surface area contributed by atoms with Crippen LogP contribution >= 0.6 is 15.9 Å². The van der Waals surface area contributed by atoms with Gasteiger partial charge in [-0.2, -0.15) is 8.78 Å². The summed E-state index contributed by atoms with van der Waals surface area (Å²) in [4.78, 5) is 16.7. The van der Waals surface area contributed by atoms with Gasteiger partial charge < -0.3 is 14.5 Å². The van der Waals surface area contributed by atoms with Gasteiger partial charge in [-0.1, -0.05) is 12.1 Å². The maximum absolute atomic E-state index is 14.2. The van der Waals surface area contributed by atoms with Crippen LogP contribution in [0.5, 0.6) is 5.75 Å². The number of carbonyl (C=O) groups is 1. The molecular formula is C21H11BrF4N2O3. The van der Waals surface area contributed by atoms with Crippen molar-refractivity contribution in [2.75, 3.05) is 12.4 Å². The fourth-order valence-electron chi connectivity index (χ4n) is 2.94. The quantitative estimate of drug-likeness (QED) is 0.276. The Bertz CT molecular complexity index is 1310. The summed E-state index contributed by atoms with van der Waals surface area (Å²) in [6.07, 6.45) is 0. The van der Waals surface area contributed by atoms with Crippen molar-refractivity contribution in [3.63, 3.8) is 0 Å². The Morgan fingerprint density at radius 1 is 1.03 bits per heavy atom. The van der Waals surface area contributed by atoms with E-state index in [1.807, 2.05) is 12.1 Å². The van der Waals surface area contributed by atoms with E-state index in [0.717, 1.165) is 11.6 Å². The van der Waals surface area contributed by atoms with Crippen LogP contribution < -0.4 is 10.1 Å². The molecule has 0 spiro atoms. The lowest BCUT2D eigenvalue weighted by atomic mass is 10.1. The third kappa shape index (κ3) is 3.63. The van der Waals surface area contributed by atoms with E-state index in [2.05, 4.69) is 31.0 Å². The van der Waals surface area contributed by atoms with Crippen molar-refractivity contribution in [3.05, 3.63) is 75.8 Å². The van der Waals surface area contributed by atoms with Gasteiger partial charge in [-0.05, 0) is 46.3 Å². The van der Waals surface area contributed by atoms with E-state index in [-0.39, 0.29) is 5.69 Å². The van der Waals surface area contributed by atoms with Crippen molar-refractivity contribution in [1.82, 2.24) is 4.98 Å². The molecule has 0 bridgehead atoms. The predicted octanol–water partition coefficient (Wildman–Crippen LogP) is 6.07. The van der Waals surface area contributed by atoms with Gasteiger partial charge in [0.15, 0.2) is 23.0 Å². The molecule has 0 atom stereocenters. The molecule has 3 aromatic carbocycles. The molecule has 158 valence electrons. The van der Waals surface area contributed by atoms with Crippen LogP contribution in [-0.4, -0.2) is 18.0 Å². The Hall–Kier alpha value is -3.40. The highest BCUT2D eigenvalue weighted by atomic mass is 79.9. The number of benzene rings is 3. The highest BCUT2D eigenvalue weighted by Crippen LogP contribution is 2.32. The molecule has 0 aliphatic heterocycles. The number of carbonyl (C=O) groups excluding carboxylic acids is 1. The summed E-state index contributed by atoms with van der Waals surface area (Å²) in [5.74, 6) is -9.69. The van der Waals surface area contributed by atoms with Crippen LogP contribution in [-0.2, 0) is 0 Å². The highest BCUT2D eigenvalue weighted by molar-refractivity contribution is 9.10. The average molecular weight is 495 g/mol. The van der Waals surface area contributed by atoms with E-state index in [9.17, 15) is 22.4 Å². The maximum atomic E-state index is 14.2. The molecule has 4 rings (SSSR count). The lowest BCUT2D eigenvalue weighted by molar-refractivity contribution is 0.101. The van der Waals surface area contributed by atoms with E-state index in [1.165, 1.54) is 18.2 Å². The molecule has 4 aromatic rings. The summed E-state index contributed by atoms with van der Waals surface area (Å²) in [5, 5.41) is 2.20. The number of oxazole rings is 1. The third-order valence-corrected chi connectivity index (χ3v) is 5.10.